The standard InChI is InChI=1S/C33H52ClN3O3/c1-3-5-7-19(4-2)18-40-23-16-26(38)30(27(39)17-23)32-35-31(36-33(34)37-32)25-15-13-22-11-10-20-8-6-9-21-12-14-24(25)29(22)28(20)21/h6,8,10-11,13,19-21,23-33,35-39H,3-5,7,9,12,14-18H2,1-2H3. The van der Waals surface area contributed by atoms with Crippen LogP contribution in [-0.4, -0.2) is 53.1 Å². The maximum Gasteiger partial charge on any atom is 0.137 e. The molecule has 3 fully saturated rings. The summed E-state index contributed by atoms with van der Waals surface area (Å²) < 4.78 is 6.26. The van der Waals surface area contributed by atoms with Gasteiger partial charge in [-0.2, -0.15) is 0 Å². The molecule has 224 valence electrons. The number of ether oxygens (including phenoxy) is 1. The fraction of sp³-hybridized carbons (Fsp3) is 0.818. The van der Waals surface area contributed by atoms with Gasteiger partial charge in [0.1, 0.15) is 5.62 Å². The monoisotopic (exact) mass is 573 g/mol. The summed E-state index contributed by atoms with van der Waals surface area (Å²) in [5.74, 6) is 3.99. The van der Waals surface area contributed by atoms with E-state index in [1.807, 2.05) is 0 Å². The fourth-order valence-corrected chi connectivity index (χ4v) is 9.58. The number of unbranched alkanes of at least 4 members (excludes halogenated alkanes) is 1. The van der Waals surface area contributed by atoms with E-state index in [2.05, 4.69) is 60.2 Å². The second-order valence-corrected chi connectivity index (χ2v) is 14.1. The zero-order valence-corrected chi connectivity index (χ0v) is 25.2. The molecule has 6 aliphatic rings. The van der Waals surface area contributed by atoms with E-state index in [9.17, 15) is 10.2 Å². The van der Waals surface area contributed by atoms with Crippen LogP contribution in [0.5, 0.6) is 0 Å². The van der Waals surface area contributed by atoms with Crippen molar-refractivity contribution in [2.75, 3.05) is 6.61 Å². The number of hydrogen-bond acceptors (Lipinski definition) is 6. The fourth-order valence-electron chi connectivity index (χ4n) is 9.31. The Balaban J connectivity index is 1.11. The Hall–Kier alpha value is -0.730. The molecule has 12 atom stereocenters. The lowest BCUT2D eigenvalue weighted by Gasteiger charge is -2.56. The molecule has 40 heavy (non-hydrogen) atoms. The van der Waals surface area contributed by atoms with E-state index < -0.39 is 17.8 Å². The number of aliphatic hydroxyl groups excluding tert-OH is 2. The molecule has 0 amide bonds. The summed E-state index contributed by atoms with van der Waals surface area (Å²) in [7, 11) is 0. The average Bonchev–Trinajstić information content (AvgIpc) is 2.95. The topological polar surface area (TPSA) is 85.8 Å². The third-order valence-corrected chi connectivity index (χ3v) is 11.7. The lowest BCUT2D eigenvalue weighted by Crippen LogP contribution is -2.73. The molecule has 6 rings (SSSR count). The summed E-state index contributed by atoms with van der Waals surface area (Å²) >= 11 is 6.77. The molecular weight excluding hydrogens is 522 g/mol. The van der Waals surface area contributed by atoms with Gasteiger partial charge in [-0.3, -0.25) is 16.0 Å². The van der Waals surface area contributed by atoms with Gasteiger partial charge in [0.2, 0.25) is 0 Å². The van der Waals surface area contributed by atoms with Crippen LogP contribution in [0.1, 0.15) is 78.1 Å². The molecule has 0 bridgehead atoms. The van der Waals surface area contributed by atoms with Crippen molar-refractivity contribution in [3.63, 3.8) is 0 Å². The molecule has 0 aromatic rings. The minimum Gasteiger partial charge on any atom is -0.393 e. The molecule has 1 heterocycles. The molecule has 0 aromatic heterocycles. The minimum atomic E-state index is -0.649. The van der Waals surface area contributed by atoms with Crippen LogP contribution < -0.4 is 16.0 Å². The highest BCUT2D eigenvalue weighted by molar-refractivity contribution is 6.20. The largest absolute Gasteiger partial charge is 0.393 e. The van der Waals surface area contributed by atoms with Crippen molar-refractivity contribution in [1.29, 1.82) is 0 Å². The van der Waals surface area contributed by atoms with E-state index in [-0.39, 0.29) is 24.4 Å². The van der Waals surface area contributed by atoms with Crippen LogP contribution in [0.3, 0.4) is 0 Å². The van der Waals surface area contributed by atoms with Gasteiger partial charge in [-0.25, -0.2) is 0 Å². The van der Waals surface area contributed by atoms with E-state index in [1.54, 1.807) is 5.57 Å². The van der Waals surface area contributed by atoms with Crippen LogP contribution >= 0.6 is 11.6 Å². The normalized spacial score (nSPS) is 46.9. The molecule has 0 spiro atoms. The molecule has 5 N–H and O–H groups in total. The zero-order chi connectivity index (χ0) is 27.8. The summed E-state index contributed by atoms with van der Waals surface area (Å²) in [4.78, 5) is 0. The van der Waals surface area contributed by atoms with Crippen LogP contribution in [-0.2, 0) is 4.74 Å². The predicted molar refractivity (Wildman–Crippen MR) is 160 cm³/mol. The highest BCUT2D eigenvalue weighted by Crippen LogP contribution is 2.57. The van der Waals surface area contributed by atoms with Gasteiger partial charge in [0.25, 0.3) is 0 Å². The molecule has 6 nitrogen and oxygen atoms in total. The van der Waals surface area contributed by atoms with Crippen LogP contribution in [0.4, 0.5) is 0 Å². The Morgan fingerprint density at radius 1 is 0.975 bits per heavy atom. The first-order chi connectivity index (χ1) is 19.5. The number of rotatable bonds is 9. The maximum atomic E-state index is 11.3. The van der Waals surface area contributed by atoms with Crippen LogP contribution in [0.25, 0.3) is 0 Å². The van der Waals surface area contributed by atoms with Gasteiger partial charge in [0.15, 0.2) is 0 Å². The summed E-state index contributed by atoms with van der Waals surface area (Å²) in [6, 6.07) is 0. The van der Waals surface area contributed by atoms with Gasteiger partial charge in [0.05, 0.1) is 30.6 Å². The Kier molecular flexibility index (Phi) is 9.44. The molecule has 2 saturated carbocycles. The quantitative estimate of drug-likeness (QED) is 0.151. The summed E-state index contributed by atoms with van der Waals surface area (Å²) in [6.07, 6.45) is 21.2. The van der Waals surface area contributed by atoms with E-state index in [0.29, 0.717) is 49.0 Å². The first-order valence-corrected chi connectivity index (χ1v) is 16.8. The molecule has 0 aromatic carbocycles. The van der Waals surface area contributed by atoms with E-state index in [1.165, 1.54) is 38.5 Å². The van der Waals surface area contributed by atoms with Crippen molar-refractivity contribution in [3.05, 3.63) is 36.0 Å². The van der Waals surface area contributed by atoms with E-state index in [4.69, 9.17) is 16.3 Å². The van der Waals surface area contributed by atoms with E-state index >= 15 is 0 Å². The minimum absolute atomic E-state index is 0.0360. The molecule has 1 saturated heterocycles. The third-order valence-electron chi connectivity index (χ3n) is 11.4. The van der Waals surface area contributed by atoms with Gasteiger partial charge < -0.3 is 14.9 Å². The molecule has 12 unspecified atom stereocenters. The number of hydrogen-bond donors (Lipinski definition) is 5. The maximum absolute atomic E-state index is 11.3. The summed E-state index contributed by atoms with van der Waals surface area (Å²) in [6.45, 7) is 5.17. The van der Waals surface area contributed by atoms with E-state index in [0.717, 1.165) is 24.7 Å². The van der Waals surface area contributed by atoms with Crippen molar-refractivity contribution in [3.8, 4) is 0 Å². The van der Waals surface area contributed by atoms with Gasteiger partial charge in [-0.1, -0.05) is 75.1 Å². The molecule has 7 heteroatoms. The summed E-state index contributed by atoms with van der Waals surface area (Å²) in [5.41, 5.74) is 1.14. The molecule has 1 aliphatic heterocycles. The first kappa shape index (κ1) is 29.3. The zero-order valence-electron chi connectivity index (χ0n) is 24.4. The highest BCUT2D eigenvalue weighted by Gasteiger charge is 2.52. The Morgan fingerprint density at radius 3 is 2.55 bits per heavy atom. The van der Waals surface area contributed by atoms with Crippen molar-refractivity contribution in [2.45, 2.75) is 114 Å². The Bertz CT molecular complexity index is 945. The number of allylic oxidation sites excluding steroid dienone is 6. The third kappa shape index (κ3) is 5.89. The molecule has 0 radical (unpaired) electrons. The second-order valence-electron chi connectivity index (χ2n) is 13.7. The predicted octanol–water partition coefficient (Wildman–Crippen LogP) is 5.03. The van der Waals surface area contributed by atoms with Gasteiger partial charge >= 0.3 is 0 Å². The number of halogens is 1. The van der Waals surface area contributed by atoms with Gasteiger partial charge in [-0.05, 0) is 79.1 Å². The smallest absolute Gasteiger partial charge is 0.137 e. The average molecular weight is 574 g/mol. The van der Waals surface area contributed by atoms with Crippen molar-refractivity contribution < 1.29 is 14.9 Å². The first-order valence-electron chi connectivity index (χ1n) is 16.4. The molecule has 5 aliphatic carbocycles. The Labute approximate surface area is 246 Å². The molecular formula is C33H52ClN3O3. The van der Waals surface area contributed by atoms with Gasteiger partial charge in [-0.15, -0.1) is 0 Å². The van der Waals surface area contributed by atoms with Gasteiger partial charge in [0, 0.05) is 25.4 Å². The van der Waals surface area contributed by atoms with Crippen LogP contribution in [0.15, 0.2) is 36.0 Å². The lowest BCUT2D eigenvalue weighted by atomic mass is 9.51. The van der Waals surface area contributed by atoms with Crippen molar-refractivity contribution in [2.24, 2.45) is 47.3 Å². The number of nitrogens with one attached hydrogen (secondary N) is 3. The number of aliphatic hydroxyl groups is 2. The van der Waals surface area contributed by atoms with Crippen molar-refractivity contribution >= 4 is 11.6 Å². The highest BCUT2D eigenvalue weighted by atomic mass is 35.5. The van der Waals surface area contributed by atoms with Crippen LogP contribution in [0.2, 0.25) is 0 Å². The summed E-state index contributed by atoms with van der Waals surface area (Å²) in [5, 5.41) is 33.4. The van der Waals surface area contributed by atoms with Crippen LogP contribution in [0, 0.1) is 47.3 Å². The number of alkyl halides is 1. The second kappa shape index (κ2) is 12.9. The van der Waals surface area contributed by atoms with Crippen molar-refractivity contribution in [1.82, 2.24) is 16.0 Å². The lowest BCUT2D eigenvalue weighted by molar-refractivity contribution is -0.118. The Morgan fingerprint density at radius 2 is 1.77 bits per heavy atom. The SMILES string of the molecule is CCCCC(CC)COC1CC(O)C(C2NC(Cl)NC(C3CC=C4C=CC5C=CCC6CCC3C4C56)N2)C(O)C1.